The van der Waals surface area contributed by atoms with Crippen molar-refractivity contribution in [2.24, 2.45) is 0 Å². The van der Waals surface area contributed by atoms with Crippen LogP contribution in [0.5, 0.6) is 0 Å². The summed E-state index contributed by atoms with van der Waals surface area (Å²) in [5, 5.41) is 0. The topological polar surface area (TPSA) is 34.1 Å². The second-order valence-corrected chi connectivity index (χ2v) is 15.3. The van der Waals surface area contributed by atoms with Crippen molar-refractivity contribution in [1.29, 1.82) is 0 Å². The van der Waals surface area contributed by atoms with E-state index in [1.807, 2.05) is 36.4 Å². The lowest BCUT2D eigenvalue weighted by molar-refractivity contribution is 0.588. The Labute approximate surface area is 266 Å². The fourth-order valence-corrected chi connectivity index (χ4v) is 9.06. The van der Waals surface area contributed by atoms with Crippen LogP contribution in [-0.4, -0.2) is 8.42 Å². The van der Waals surface area contributed by atoms with Crippen molar-refractivity contribution in [3.8, 4) is 55.6 Å². The van der Waals surface area contributed by atoms with Crippen LogP contribution < -0.4 is 0 Å². The van der Waals surface area contributed by atoms with Gasteiger partial charge in [0.1, 0.15) is 0 Å². The Balaban J connectivity index is 1.18. The first-order chi connectivity index (χ1) is 21.6. The molecule has 0 saturated heterocycles. The Bertz CT molecular complexity index is 2290. The average Bonchev–Trinajstić information content (AvgIpc) is 3.47. The molecule has 1 aliphatic heterocycles. The number of benzene rings is 6. The molecule has 1 atom stereocenters. The van der Waals surface area contributed by atoms with Crippen LogP contribution in [0.1, 0.15) is 50.3 Å². The molecule has 3 heteroatoms. The van der Waals surface area contributed by atoms with E-state index in [0.29, 0.717) is 15.7 Å². The summed E-state index contributed by atoms with van der Waals surface area (Å²) in [6.45, 7) is 8.75. The van der Waals surface area contributed by atoms with E-state index in [2.05, 4.69) is 113 Å². The maximum absolute atomic E-state index is 14.0. The molecule has 0 aromatic heterocycles. The predicted octanol–water partition coefficient (Wildman–Crippen LogP) is 10.9. The highest BCUT2D eigenvalue weighted by Crippen LogP contribution is 2.49. The summed E-state index contributed by atoms with van der Waals surface area (Å²) in [6.07, 6.45) is 0. The molecule has 0 N–H and O–H groups in total. The summed E-state index contributed by atoms with van der Waals surface area (Å²) >= 11 is 0. The third-order valence-electron chi connectivity index (χ3n) is 9.65. The zero-order valence-electron chi connectivity index (χ0n) is 25.9. The van der Waals surface area contributed by atoms with E-state index in [4.69, 9.17) is 0 Å². The maximum atomic E-state index is 14.0. The summed E-state index contributed by atoms with van der Waals surface area (Å²) in [7, 11) is -3.66. The summed E-state index contributed by atoms with van der Waals surface area (Å²) < 4.78 is 27.9. The van der Waals surface area contributed by atoms with Gasteiger partial charge in [0.05, 0.1) is 9.79 Å². The minimum absolute atomic E-state index is 0.0783. The van der Waals surface area contributed by atoms with Gasteiger partial charge in [0, 0.05) is 22.6 Å². The normalized spacial score (nSPS) is 15.7. The number of hydrogen-bond donors (Lipinski definition) is 0. The van der Waals surface area contributed by atoms with Gasteiger partial charge in [0.25, 0.3) is 0 Å². The molecule has 1 unspecified atom stereocenters. The van der Waals surface area contributed by atoms with E-state index in [0.717, 1.165) is 44.5 Å². The monoisotopic (exact) mass is 602 g/mol. The zero-order chi connectivity index (χ0) is 31.1. The van der Waals surface area contributed by atoms with Crippen molar-refractivity contribution >= 4 is 9.84 Å². The van der Waals surface area contributed by atoms with Gasteiger partial charge < -0.3 is 0 Å². The molecule has 2 nitrogen and oxygen atoms in total. The van der Waals surface area contributed by atoms with Gasteiger partial charge in [-0.25, -0.2) is 8.42 Å². The largest absolute Gasteiger partial charge is 0.218 e. The maximum Gasteiger partial charge on any atom is 0.208 e. The highest BCUT2D eigenvalue weighted by atomic mass is 32.2. The highest BCUT2D eigenvalue weighted by molar-refractivity contribution is 7.92. The van der Waals surface area contributed by atoms with Gasteiger partial charge in [-0.2, -0.15) is 0 Å². The SMILES string of the molecule is CC1c2ccccc2-c2ccc(-c3cccc(-c4cccc(-c5cccc6c5S(=O)(=O)c5ccc(C(C)(C)C)cc5-6)c4)c3)cc21. The van der Waals surface area contributed by atoms with Crippen molar-refractivity contribution in [1.82, 2.24) is 0 Å². The number of hydrogen-bond acceptors (Lipinski definition) is 2. The summed E-state index contributed by atoms with van der Waals surface area (Å²) in [5.41, 5.74) is 14.2. The molecule has 0 saturated carbocycles. The molecule has 0 spiro atoms. The molecular weight excluding hydrogens is 569 g/mol. The molecule has 220 valence electrons. The van der Waals surface area contributed by atoms with Crippen LogP contribution in [0.25, 0.3) is 55.6 Å². The van der Waals surface area contributed by atoms with Crippen molar-refractivity contribution in [3.63, 3.8) is 0 Å². The molecule has 1 heterocycles. The van der Waals surface area contributed by atoms with Gasteiger partial charge in [-0.1, -0.05) is 125 Å². The molecular formula is C42H34O2S. The minimum atomic E-state index is -3.66. The number of sulfone groups is 1. The lowest BCUT2D eigenvalue weighted by Gasteiger charge is -2.19. The minimum Gasteiger partial charge on any atom is -0.218 e. The van der Waals surface area contributed by atoms with Crippen LogP contribution in [0.15, 0.2) is 137 Å². The second-order valence-electron chi connectivity index (χ2n) is 13.4. The van der Waals surface area contributed by atoms with Crippen molar-refractivity contribution in [2.45, 2.75) is 48.8 Å². The fourth-order valence-electron chi connectivity index (χ4n) is 7.20. The third kappa shape index (κ3) is 4.33. The van der Waals surface area contributed by atoms with Crippen LogP contribution in [0.3, 0.4) is 0 Å². The molecule has 1 aliphatic carbocycles. The highest BCUT2D eigenvalue weighted by Gasteiger charge is 2.36. The van der Waals surface area contributed by atoms with Crippen molar-refractivity contribution in [2.75, 3.05) is 0 Å². The molecule has 0 bridgehead atoms. The summed E-state index contributed by atoms with van der Waals surface area (Å²) in [6, 6.07) is 44.1. The van der Waals surface area contributed by atoms with Gasteiger partial charge in [-0.3, -0.25) is 0 Å². The molecule has 6 aromatic carbocycles. The summed E-state index contributed by atoms with van der Waals surface area (Å²) in [5.74, 6) is 0.367. The van der Waals surface area contributed by atoms with E-state index in [1.54, 1.807) is 6.07 Å². The van der Waals surface area contributed by atoms with Crippen molar-refractivity contribution in [3.05, 3.63) is 144 Å². The van der Waals surface area contributed by atoms with Crippen LogP contribution in [0, 0.1) is 0 Å². The van der Waals surface area contributed by atoms with Crippen LogP contribution in [0.4, 0.5) is 0 Å². The smallest absolute Gasteiger partial charge is 0.208 e. The Kier molecular flexibility index (Phi) is 6.11. The molecule has 45 heavy (non-hydrogen) atoms. The van der Waals surface area contributed by atoms with Crippen LogP contribution in [-0.2, 0) is 15.3 Å². The zero-order valence-corrected chi connectivity index (χ0v) is 26.7. The quantitative estimate of drug-likeness (QED) is 0.202. The lowest BCUT2D eigenvalue weighted by atomic mass is 9.85. The number of fused-ring (bicyclic) bond motifs is 6. The van der Waals surface area contributed by atoms with Gasteiger partial charge in [-0.05, 0) is 91.4 Å². The molecule has 6 aromatic rings. The van der Waals surface area contributed by atoms with E-state index in [-0.39, 0.29) is 5.41 Å². The van der Waals surface area contributed by atoms with Gasteiger partial charge in [-0.15, -0.1) is 0 Å². The Morgan fingerprint density at radius 1 is 0.489 bits per heavy atom. The van der Waals surface area contributed by atoms with Crippen molar-refractivity contribution < 1.29 is 8.42 Å². The Hall–Kier alpha value is -4.73. The standard InChI is InChI=1S/C42H34O2S/c1-26-33-14-5-6-15-35(33)36-20-18-30(24-38(26)36)28-11-7-10-27(22-28)29-12-8-13-31(23-29)34-16-9-17-37-39-25-32(42(2,3)4)19-21-40(39)45(43,44)41(34)37/h5-26H,1-4H3. The lowest BCUT2D eigenvalue weighted by Crippen LogP contribution is -2.11. The fraction of sp³-hybridized carbons (Fsp3) is 0.143. The van der Waals surface area contributed by atoms with Gasteiger partial charge >= 0.3 is 0 Å². The molecule has 2 aliphatic rings. The average molecular weight is 603 g/mol. The first-order valence-electron chi connectivity index (χ1n) is 15.6. The summed E-state index contributed by atoms with van der Waals surface area (Å²) in [4.78, 5) is 0.804. The third-order valence-corrected chi connectivity index (χ3v) is 11.6. The first-order valence-corrected chi connectivity index (χ1v) is 17.1. The van der Waals surface area contributed by atoms with Gasteiger partial charge in [0.2, 0.25) is 9.84 Å². The molecule has 0 radical (unpaired) electrons. The Morgan fingerprint density at radius 2 is 1.07 bits per heavy atom. The first kappa shape index (κ1) is 27.8. The van der Waals surface area contributed by atoms with Gasteiger partial charge in [0.15, 0.2) is 0 Å². The molecule has 0 fully saturated rings. The van der Waals surface area contributed by atoms with E-state index >= 15 is 0 Å². The van der Waals surface area contributed by atoms with E-state index in [1.165, 1.54) is 27.8 Å². The molecule has 8 rings (SSSR count). The predicted molar refractivity (Wildman–Crippen MR) is 185 cm³/mol. The van der Waals surface area contributed by atoms with Crippen LogP contribution >= 0.6 is 0 Å². The second kappa shape index (κ2) is 9.89. The van der Waals surface area contributed by atoms with E-state index in [9.17, 15) is 8.42 Å². The molecule has 0 amide bonds. The number of rotatable bonds is 3. The Morgan fingerprint density at radius 3 is 1.80 bits per heavy atom. The van der Waals surface area contributed by atoms with Crippen LogP contribution in [0.2, 0.25) is 0 Å². The van der Waals surface area contributed by atoms with E-state index < -0.39 is 9.84 Å².